The van der Waals surface area contributed by atoms with Gasteiger partial charge in [0.2, 0.25) is 17.7 Å². The van der Waals surface area contributed by atoms with Gasteiger partial charge < -0.3 is 19.2 Å². The second-order valence-corrected chi connectivity index (χ2v) is 6.18. The van der Waals surface area contributed by atoms with Crippen molar-refractivity contribution in [2.45, 2.75) is 19.3 Å². The fourth-order valence-corrected chi connectivity index (χ4v) is 2.65. The normalized spacial score (nSPS) is 10.5. The Kier molecular flexibility index (Phi) is 6.62. The largest absolute Gasteiger partial charge is 0.497 e. The van der Waals surface area contributed by atoms with Crippen molar-refractivity contribution < 1.29 is 18.7 Å². The van der Waals surface area contributed by atoms with E-state index in [2.05, 4.69) is 15.5 Å². The van der Waals surface area contributed by atoms with Crippen LogP contribution in [0.3, 0.4) is 0 Å². The van der Waals surface area contributed by atoms with Crippen LogP contribution in [0.5, 0.6) is 11.5 Å². The number of carbonyl (C=O) groups excluding carboxylic acids is 1. The zero-order chi connectivity index (χ0) is 19.8. The third-order valence-electron chi connectivity index (χ3n) is 4.26. The summed E-state index contributed by atoms with van der Waals surface area (Å²) in [4.78, 5) is 12.0. The summed E-state index contributed by atoms with van der Waals surface area (Å²) in [5.41, 5.74) is 1.92. The monoisotopic (exact) mass is 381 g/mol. The number of ether oxygens (including phenoxy) is 2. The molecule has 0 aliphatic carbocycles. The van der Waals surface area contributed by atoms with E-state index < -0.39 is 0 Å². The van der Waals surface area contributed by atoms with E-state index in [4.69, 9.17) is 13.9 Å². The van der Waals surface area contributed by atoms with Crippen LogP contribution in [-0.4, -0.2) is 36.9 Å². The van der Waals surface area contributed by atoms with Crippen LogP contribution in [0.2, 0.25) is 0 Å². The highest BCUT2D eigenvalue weighted by molar-refractivity contribution is 5.76. The summed E-state index contributed by atoms with van der Waals surface area (Å²) in [5.74, 6) is 2.50. The van der Waals surface area contributed by atoms with Crippen LogP contribution in [0.25, 0.3) is 11.5 Å². The average Bonchev–Trinajstić information content (AvgIpc) is 3.21. The molecule has 28 heavy (non-hydrogen) atoms. The number of benzene rings is 2. The van der Waals surface area contributed by atoms with Crippen LogP contribution < -0.4 is 14.8 Å². The van der Waals surface area contributed by atoms with Gasteiger partial charge in [-0.2, -0.15) is 0 Å². The van der Waals surface area contributed by atoms with Crippen LogP contribution in [-0.2, 0) is 17.6 Å². The van der Waals surface area contributed by atoms with Crippen molar-refractivity contribution in [2.24, 2.45) is 0 Å². The number of nitrogens with zero attached hydrogens (tertiary/aromatic N) is 2. The molecule has 7 heteroatoms. The molecule has 0 radical (unpaired) electrons. The third-order valence-corrected chi connectivity index (χ3v) is 4.26. The molecule has 0 aliphatic heterocycles. The predicted molar refractivity (Wildman–Crippen MR) is 104 cm³/mol. The van der Waals surface area contributed by atoms with Crippen LogP contribution in [0, 0.1) is 0 Å². The van der Waals surface area contributed by atoms with Crippen molar-refractivity contribution in [3.63, 3.8) is 0 Å². The van der Waals surface area contributed by atoms with E-state index in [1.54, 1.807) is 14.2 Å². The van der Waals surface area contributed by atoms with E-state index in [1.165, 1.54) is 0 Å². The van der Waals surface area contributed by atoms with Gasteiger partial charge in [0.1, 0.15) is 11.5 Å². The number of hydrogen-bond donors (Lipinski definition) is 1. The molecular formula is C21H23N3O4. The van der Waals surface area contributed by atoms with Crippen LogP contribution >= 0.6 is 0 Å². The number of amides is 1. The summed E-state index contributed by atoms with van der Waals surface area (Å²) in [7, 11) is 3.25. The van der Waals surface area contributed by atoms with E-state index >= 15 is 0 Å². The minimum absolute atomic E-state index is 0.00860. The number of nitrogens with one attached hydrogen (secondary N) is 1. The molecule has 0 saturated heterocycles. The highest BCUT2D eigenvalue weighted by atomic mass is 16.5. The van der Waals surface area contributed by atoms with Crippen molar-refractivity contribution in [3.8, 4) is 23.0 Å². The van der Waals surface area contributed by atoms with Gasteiger partial charge in [0.25, 0.3) is 0 Å². The summed E-state index contributed by atoms with van der Waals surface area (Å²) in [6.07, 6.45) is 1.59. The Morgan fingerprint density at radius 2 is 1.57 bits per heavy atom. The highest BCUT2D eigenvalue weighted by Gasteiger charge is 2.09. The molecular weight excluding hydrogens is 358 g/mol. The molecule has 0 bridgehead atoms. The summed E-state index contributed by atoms with van der Waals surface area (Å²) >= 11 is 0. The average molecular weight is 381 g/mol. The van der Waals surface area contributed by atoms with E-state index in [0.717, 1.165) is 22.6 Å². The second kappa shape index (κ2) is 9.55. The lowest BCUT2D eigenvalue weighted by Gasteiger charge is -2.05. The number of methoxy groups -OCH3 is 2. The fraction of sp³-hybridized carbons (Fsp3) is 0.286. The maximum absolute atomic E-state index is 12.0. The molecule has 1 heterocycles. The van der Waals surface area contributed by atoms with Crippen molar-refractivity contribution in [3.05, 3.63) is 60.0 Å². The smallest absolute Gasteiger partial charge is 0.247 e. The lowest BCUT2D eigenvalue weighted by Crippen LogP contribution is -2.25. The van der Waals surface area contributed by atoms with Gasteiger partial charge in [0.05, 0.1) is 14.2 Å². The summed E-state index contributed by atoms with van der Waals surface area (Å²) < 4.78 is 15.9. The quantitative estimate of drug-likeness (QED) is 0.613. The maximum atomic E-state index is 12.0. The van der Waals surface area contributed by atoms with Crippen LogP contribution in [0.1, 0.15) is 17.9 Å². The van der Waals surface area contributed by atoms with Crippen molar-refractivity contribution in [2.75, 3.05) is 20.8 Å². The Balaban J connectivity index is 1.41. The lowest BCUT2D eigenvalue weighted by molar-refractivity contribution is -0.121. The Bertz CT molecular complexity index is 889. The molecule has 0 unspecified atom stereocenters. The zero-order valence-corrected chi connectivity index (χ0v) is 16.0. The van der Waals surface area contributed by atoms with Gasteiger partial charge in [-0.1, -0.05) is 12.1 Å². The van der Waals surface area contributed by atoms with Gasteiger partial charge in [-0.15, -0.1) is 10.2 Å². The molecule has 0 saturated carbocycles. The van der Waals surface area contributed by atoms with Gasteiger partial charge in [-0.05, 0) is 48.4 Å². The molecule has 0 spiro atoms. The topological polar surface area (TPSA) is 86.5 Å². The van der Waals surface area contributed by atoms with E-state index in [9.17, 15) is 4.79 Å². The van der Waals surface area contributed by atoms with Gasteiger partial charge >= 0.3 is 0 Å². The standard InChI is InChI=1S/C21H23N3O4/c1-26-17-8-3-15(4-9-17)5-12-19(25)22-14-13-20-23-24-21(28-20)16-6-10-18(27-2)11-7-16/h3-4,6-11H,5,12-14H2,1-2H3,(H,22,25). The van der Waals surface area contributed by atoms with Crippen molar-refractivity contribution >= 4 is 5.91 Å². The van der Waals surface area contributed by atoms with E-state index in [0.29, 0.717) is 37.6 Å². The maximum Gasteiger partial charge on any atom is 0.247 e. The minimum Gasteiger partial charge on any atom is -0.497 e. The summed E-state index contributed by atoms with van der Waals surface area (Å²) in [5, 5.41) is 11.0. The number of aromatic nitrogens is 2. The zero-order valence-electron chi connectivity index (χ0n) is 16.0. The number of aryl methyl sites for hydroxylation is 1. The molecule has 3 rings (SSSR count). The van der Waals surface area contributed by atoms with E-state index in [1.807, 2.05) is 48.5 Å². The Hall–Kier alpha value is -3.35. The SMILES string of the molecule is COc1ccc(CCC(=O)NCCc2nnc(-c3ccc(OC)cc3)o2)cc1. The highest BCUT2D eigenvalue weighted by Crippen LogP contribution is 2.21. The van der Waals surface area contributed by atoms with E-state index in [-0.39, 0.29) is 5.91 Å². The molecule has 7 nitrogen and oxygen atoms in total. The Morgan fingerprint density at radius 1 is 0.929 bits per heavy atom. The first-order valence-corrected chi connectivity index (χ1v) is 9.04. The van der Waals surface area contributed by atoms with Crippen molar-refractivity contribution in [1.82, 2.24) is 15.5 Å². The summed E-state index contributed by atoms with van der Waals surface area (Å²) in [6.45, 7) is 0.450. The second-order valence-electron chi connectivity index (χ2n) is 6.18. The number of carbonyl (C=O) groups is 1. The molecule has 3 aromatic rings. The number of hydrogen-bond acceptors (Lipinski definition) is 6. The molecule has 1 amide bonds. The molecule has 1 N–H and O–H groups in total. The van der Waals surface area contributed by atoms with Crippen molar-refractivity contribution in [1.29, 1.82) is 0 Å². The Labute approximate surface area is 163 Å². The molecule has 1 aromatic heterocycles. The molecule has 2 aromatic carbocycles. The molecule has 146 valence electrons. The fourth-order valence-electron chi connectivity index (χ4n) is 2.65. The molecule has 0 aliphatic rings. The predicted octanol–water partition coefficient (Wildman–Crippen LogP) is 3.05. The lowest BCUT2D eigenvalue weighted by atomic mass is 10.1. The first-order chi connectivity index (χ1) is 13.7. The summed E-state index contributed by atoms with van der Waals surface area (Å²) in [6, 6.07) is 15.1. The Morgan fingerprint density at radius 3 is 2.21 bits per heavy atom. The minimum atomic E-state index is -0.00860. The van der Waals surface area contributed by atoms with Gasteiger partial charge in [0.15, 0.2) is 0 Å². The molecule has 0 atom stereocenters. The van der Waals surface area contributed by atoms with Crippen LogP contribution in [0.15, 0.2) is 52.9 Å². The number of rotatable bonds is 9. The van der Waals surface area contributed by atoms with Crippen LogP contribution in [0.4, 0.5) is 0 Å². The van der Waals surface area contributed by atoms with Gasteiger partial charge in [-0.25, -0.2) is 0 Å². The third kappa shape index (κ3) is 5.33. The first kappa shape index (κ1) is 19.4. The van der Waals surface area contributed by atoms with Gasteiger partial charge in [-0.3, -0.25) is 4.79 Å². The molecule has 0 fully saturated rings. The first-order valence-electron chi connectivity index (χ1n) is 9.04. The van der Waals surface area contributed by atoms with Gasteiger partial charge in [0, 0.05) is 24.9 Å².